The lowest BCUT2D eigenvalue weighted by atomic mass is 10.2. The van der Waals surface area contributed by atoms with Crippen LogP contribution in [0, 0.1) is 5.82 Å². The highest BCUT2D eigenvalue weighted by molar-refractivity contribution is 9.10. The Kier molecular flexibility index (Phi) is 4.23. The molecular formula is C10H11BrFNO2. The lowest BCUT2D eigenvalue weighted by Gasteiger charge is -2.08. The second kappa shape index (κ2) is 5.23. The molecule has 0 heterocycles. The molecule has 0 aliphatic rings. The van der Waals surface area contributed by atoms with E-state index in [4.69, 9.17) is 5.11 Å². The SMILES string of the molecule is C[C@@H](O)CNC(=O)c1c(F)cccc1Br. The molecule has 0 saturated carbocycles. The average Bonchev–Trinajstić information content (AvgIpc) is 2.14. The smallest absolute Gasteiger partial charge is 0.255 e. The lowest BCUT2D eigenvalue weighted by molar-refractivity contribution is 0.0919. The van der Waals surface area contributed by atoms with Crippen molar-refractivity contribution >= 4 is 21.8 Å². The van der Waals surface area contributed by atoms with Crippen molar-refractivity contribution in [2.24, 2.45) is 0 Å². The maximum absolute atomic E-state index is 13.3. The van der Waals surface area contributed by atoms with Gasteiger partial charge >= 0.3 is 0 Å². The van der Waals surface area contributed by atoms with Crippen LogP contribution in [0.1, 0.15) is 17.3 Å². The Hall–Kier alpha value is -0.940. The number of carbonyl (C=O) groups excluding carboxylic acids is 1. The van der Waals surface area contributed by atoms with Gasteiger partial charge in [-0.15, -0.1) is 0 Å². The molecule has 0 unspecified atom stereocenters. The van der Waals surface area contributed by atoms with Crippen LogP contribution in [0.2, 0.25) is 0 Å². The van der Waals surface area contributed by atoms with E-state index in [9.17, 15) is 9.18 Å². The maximum Gasteiger partial charge on any atom is 0.255 e. The minimum absolute atomic E-state index is 0.0434. The topological polar surface area (TPSA) is 49.3 Å². The van der Waals surface area contributed by atoms with E-state index in [1.807, 2.05) is 0 Å². The number of halogens is 2. The third kappa shape index (κ3) is 3.28. The van der Waals surface area contributed by atoms with Gasteiger partial charge in [-0.25, -0.2) is 4.39 Å². The average molecular weight is 276 g/mol. The van der Waals surface area contributed by atoms with Crippen LogP contribution in [0.25, 0.3) is 0 Å². The lowest BCUT2D eigenvalue weighted by Crippen LogP contribution is -2.31. The highest BCUT2D eigenvalue weighted by Crippen LogP contribution is 2.19. The molecule has 82 valence electrons. The van der Waals surface area contributed by atoms with Crippen molar-refractivity contribution in [2.45, 2.75) is 13.0 Å². The first-order valence-corrected chi connectivity index (χ1v) is 5.22. The van der Waals surface area contributed by atoms with Crippen molar-refractivity contribution in [2.75, 3.05) is 6.54 Å². The standard InChI is InChI=1S/C10H11BrFNO2/c1-6(14)5-13-10(15)9-7(11)3-2-4-8(9)12/h2-4,6,14H,5H2,1H3,(H,13,15)/t6-/m1/s1. The van der Waals surface area contributed by atoms with Crippen LogP contribution in [0.3, 0.4) is 0 Å². The van der Waals surface area contributed by atoms with Crippen LogP contribution >= 0.6 is 15.9 Å². The highest BCUT2D eigenvalue weighted by atomic mass is 79.9. The molecule has 1 aromatic carbocycles. The zero-order valence-corrected chi connectivity index (χ0v) is 9.71. The molecule has 1 amide bonds. The molecule has 0 saturated heterocycles. The van der Waals surface area contributed by atoms with Crippen molar-refractivity contribution in [3.63, 3.8) is 0 Å². The molecule has 0 fully saturated rings. The summed E-state index contributed by atoms with van der Waals surface area (Å²) in [5.41, 5.74) is -0.0434. The monoisotopic (exact) mass is 275 g/mol. The minimum Gasteiger partial charge on any atom is -0.392 e. The number of carbonyl (C=O) groups is 1. The summed E-state index contributed by atoms with van der Waals surface area (Å²) in [4.78, 5) is 11.5. The summed E-state index contributed by atoms with van der Waals surface area (Å²) in [6, 6.07) is 4.30. The molecule has 1 atom stereocenters. The van der Waals surface area contributed by atoms with Crippen LogP contribution < -0.4 is 5.32 Å². The number of hydrogen-bond acceptors (Lipinski definition) is 2. The van der Waals surface area contributed by atoms with Crippen molar-refractivity contribution in [1.82, 2.24) is 5.32 Å². The Labute approximate surface area is 95.4 Å². The van der Waals surface area contributed by atoms with Gasteiger partial charge in [0.15, 0.2) is 0 Å². The van der Waals surface area contributed by atoms with Gasteiger partial charge in [0, 0.05) is 11.0 Å². The van der Waals surface area contributed by atoms with Gasteiger partial charge < -0.3 is 10.4 Å². The number of rotatable bonds is 3. The van der Waals surface area contributed by atoms with E-state index in [1.165, 1.54) is 19.1 Å². The molecular weight excluding hydrogens is 265 g/mol. The summed E-state index contributed by atoms with van der Waals surface area (Å²) in [5, 5.41) is 11.4. The third-order valence-electron chi connectivity index (χ3n) is 1.75. The Morgan fingerprint density at radius 3 is 2.87 bits per heavy atom. The molecule has 3 nitrogen and oxygen atoms in total. The molecule has 2 N–H and O–H groups in total. The minimum atomic E-state index is -0.653. The molecule has 5 heteroatoms. The third-order valence-corrected chi connectivity index (χ3v) is 2.41. The van der Waals surface area contributed by atoms with E-state index in [0.717, 1.165) is 0 Å². The maximum atomic E-state index is 13.3. The van der Waals surface area contributed by atoms with Crippen LogP contribution in [0.4, 0.5) is 4.39 Å². The van der Waals surface area contributed by atoms with Crippen molar-refractivity contribution < 1.29 is 14.3 Å². The predicted octanol–water partition coefficient (Wildman–Crippen LogP) is 1.70. The fourth-order valence-electron chi connectivity index (χ4n) is 1.04. The van der Waals surface area contributed by atoms with Gasteiger partial charge in [-0.1, -0.05) is 6.07 Å². The van der Waals surface area contributed by atoms with Crippen molar-refractivity contribution in [3.05, 3.63) is 34.1 Å². The van der Waals surface area contributed by atoms with Crippen LogP contribution in [-0.4, -0.2) is 23.7 Å². The molecule has 1 aromatic rings. The molecule has 1 rings (SSSR count). The van der Waals surface area contributed by atoms with E-state index in [0.29, 0.717) is 4.47 Å². The second-order valence-electron chi connectivity index (χ2n) is 3.16. The second-order valence-corrected chi connectivity index (χ2v) is 4.01. The van der Waals surface area contributed by atoms with E-state index in [2.05, 4.69) is 21.2 Å². The number of nitrogens with one attached hydrogen (secondary N) is 1. The van der Waals surface area contributed by atoms with E-state index < -0.39 is 17.8 Å². The number of aliphatic hydroxyl groups excluding tert-OH is 1. The number of aliphatic hydroxyl groups is 1. The first kappa shape index (κ1) is 12.1. The molecule has 0 spiro atoms. The first-order valence-electron chi connectivity index (χ1n) is 4.42. The Morgan fingerprint density at radius 2 is 2.33 bits per heavy atom. The van der Waals surface area contributed by atoms with E-state index in [1.54, 1.807) is 6.07 Å². The number of amides is 1. The summed E-state index contributed by atoms with van der Waals surface area (Å²) in [6.07, 6.45) is -0.653. The van der Waals surface area contributed by atoms with Gasteiger partial charge in [0.25, 0.3) is 5.91 Å². The Balaban J connectivity index is 2.82. The summed E-state index contributed by atoms with van der Waals surface area (Å²) >= 11 is 3.09. The Morgan fingerprint density at radius 1 is 1.67 bits per heavy atom. The van der Waals surface area contributed by atoms with Gasteiger partial charge in [-0.2, -0.15) is 0 Å². The van der Waals surface area contributed by atoms with Gasteiger partial charge in [-0.3, -0.25) is 4.79 Å². The summed E-state index contributed by atoms with van der Waals surface area (Å²) < 4.78 is 13.7. The number of benzene rings is 1. The summed E-state index contributed by atoms with van der Waals surface area (Å²) in [5.74, 6) is -1.13. The van der Waals surface area contributed by atoms with Crippen molar-refractivity contribution in [1.29, 1.82) is 0 Å². The summed E-state index contributed by atoms with van der Waals surface area (Å²) in [6.45, 7) is 1.64. The quantitative estimate of drug-likeness (QED) is 0.882. The normalized spacial score (nSPS) is 12.3. The molecule has 0 bridgehead atoms. The Bertz CT molecular complexity index is 348. The fraction of sp³-hybridized carbons (Fsp3) is 0.300. The zero-order valence-electron chi connectivity index (χ0n) is 8.13. The van der Waals surface area contributed by atoms with Gasteiger partial charge in [0.2, 0.25) is 0 Å². The summed E-state index contributed by atoms with van der Waals surface area (Å²) in [7, 11) is 0. The van der Waals surface area contributed by atoms with Crippen LogP contribution in [0.5, 0.6) is 0 Å². The predicted molar refractivity (Wildman–Crippen MR) is 58.1 cm³/mol. The zero-order chi connectivity index (χ0) is 11.4. The molecule has 0 aliphatic heterocycles. The molecule has 15 heavy (non-hydrogen) atoms. The first-order chi connectivity index (χ1) is 7.02. The largest absolute Gasteiger partial charge is 0.392 e. The van der Waals surface area contributed by atoms with E-state index in [-0.39, 0.29) is 12.1 Å². The molecule has 0 aromatic heterocycles. The van der Waals surface area contributed by atoms with Crippen LogP contribution in [0.15, 0.2) is 22.7 Å². The van der Waals surface area contributed by atoms with E-state index >= 15 is 0 Å². The fourth-order valence-corrected chi connectivity index (χ4v) is 1.57. The van der Waals surface area contributed by atoms with Crippen LogP contribution in [-0.2, 0) is 0 Å². The van der Waals surface area contributed by atoms with Gasteiger partial charge in [0.1, 0.15) is 5.82 Å². The van der Waals surface area contributed by atoms with Gasteiger partial charge in [0.05, 0.1) is 11.7 Å². The van der Waals surface area contributed by atoms with Crippen molar-refractivity contribution in [3.8, 4) is 0 Å². The van der Waals surface area contributed by atoms with Gasteiger partial charge in [-0.05, 0) is 35.0 Å². The highest BCUT2D eigenvalue weighted by Gasteiger charge is 2.15. The molecule has 0 radical (unpaired) electrons. The molecule has 0 aliphatic carbocycles. The number of hydrogen-bond donors (Lipinski definition) is 2.